The molecule has 0 aliphatic rings. The lowest BCUT2D eigenvalue weighted by Crippen LogP contribution is -2.18. The van der Waals surface area contributed by atoms with Crippen molar-refractivity contribution in [2.45, 2.75) is 6.54 Å². The number of aldehydes is 1. The van der Waals surface area contributed by atoms with Crippen LogP contribution in [0.15, 0.2) is 36.1 Å². The van der Waals surface area contributed by atoms with E-state index < -0.39 is 0 Å². The van der Waals surface area contributed by atoms with E-state index in [0.717, 1.165) is 16.8 Å². The van der Waals surface area contributed by atoms with Crippen molar-refractivity contribution >= 4 is 28.4 Å². The van der Waals surface area contributed by atoms with Crippen molar-refractivity contribution in [1.82, 2.24) is 14.4 Å². The summed E-state index contributed by atoms with van der Waals surface area (Å²) >= 11 is 1.52. The van der Waals surface area contributed by atoms with Crippen LogP contribution in [0.3, 0.4) is 0 Å². The van der Waals surface area contributed by atoms with Gasteiger partial charge in [0.1, 0.15) is 5.69 Å². The summed E-state index contributed by atoms with van der Waals surface area (Å²) in [6.07, 6.45) is 6.23. The van der Waals surface area contributed by atoms with Gasteiger partial charge in [-0.3, -0.25) is 14.2 Å². The number of rotatable bonds is 4. The number of hydrogen-bond acceptors (Lipinski definition) is 5. The van der Waals surface area contributed by atoms with E-state index in [4.69, 9.17) is 0 Å². The third-order valence-electron chi connectivity index (χ3n) is 2.92. The summed E-state index contributed by atoms with van der Waals surface area (Å²) in [5.74, 6) is 0.707. The molecule has 3 aromatic rings. The molecule has 3 aromatic heterocycles. The molecule has 0 aromatic carbocycles. The lowest BCUT2D eigenvalue weighted by Gasteiger charge is -2.16. The van der Waals surface area contributed by atoms with Gasteiger partial charge < -0.3 is 4.90 Å². The number of pyridine rings is 1. The fraction of sp³-hybridized carbons (Fsp3) is 0.154. The van der Waals surface area contributed by atoms with Gasteiger partial charge in [0, 0.05) is 37.6 Å². The maximum atomic E-state index is 11.3. The van der Waals surface area contributed by atoms with Crippen molar-refractivity contribution in [3.63, 3.8) is 0 Å². The summed E-state index contributed by atoms with van der Waals surface area (Å²) in [6, 6.07) is 3.91. The first-order chi connectivity index (χ1) is 9.29. The largest absolute Gasteiger partial charge is 0.353 e. The molecule has 0 aliphatic carbocycles. The fourth-order valence-corrected chi connectivity index (χ4v) is 2.74. The Morgan fingerprint density at radius 3 is 2.95 bits per heavy atom. The van der Waals surface area contributed by atoms with Gasteiger partial charge in [0.05, 0.1) is 0 Å². The van der Waals surface area contributed by atoms with Crippen molar-refractivity contribution in [1.29, 1.82) is 0 Å². The second-order valence-corrected chi connectivity index (χ2v) is 5.08. The molecule has 0 spiro atoms. The van der Waals surface area contributed by atoms with E-state index in [0.29, 0.717) is 18.1 Å². The molecule has 6 heteroatoms. The predicted octanol–water partition coefficient (Wildman–Crippen LogP) is 2.24. The number of aromatic nitrogens is 3. The first-order valence-electron chi connectivity index (χ1n) is 5.80. The van der Waals surface area contributed by atoms with Crippen LogP contribution >= 0.6 is 11.3 Å². The minimum absolute atomic E-state index is 0.591. The Morgan fingerprint density at radius 2 is 2.21 bits per heavy atom. The van der Waals surface area contributed by atoms with Crippen LogP contribution in [-0.4, -0.2) is 27.7 Å². The number of hydrogen-bond donors (Lipinski definition) is 0. The molecule has 0 atom stereocenters. The highest BCUT2D eigenvalue weighted by Gasteiger charge is 2.16. The Hall–Kier alpha value is -2.21. The number of anilines is 1. The molecule has 3 heterocycles. The fourth-order valence-electron chi connectivity index (χ4n) is 2.02. The Balaban J connectivity index is 1.95. The van der Waals surface area contributed by atoms with Gasteiger partial charge in [-0.05, 0) is 17.7 Å². The topological polar surface area (TPSA) is 50.5 Å². The lowest BCUT2D eigenvalue weighted by molar-refractivity contribution is 0.111. The summed E-state index contributed by atoms with van der Waals surface area (Å²) in [5, 5.41) is 1.92. The van der Waals surface area contributed by atoms with E-state index in [9.17, 15) is 4.79 Å². The third kappa shape index (κ3) is 2.10. The number of thiazole rings is 1. The Morgan fingerprint density at radius 1 is 1.42 bits per heavy atom. The van der Waals surface area contributed by atoms with Crippen LogP contribution < -0.4 is 4.90 Å². The van der Waals surface area contributed by atoms with E-state index in [1.807, 2.05) is 40.1 Å². The first-order valence-corrected chi connectivity index (χ1v) is 6.68. The smallest absolute Gasteiger partial charge is 0.196 e. The van der Waals surface area contributed by atoms with Gasteiger partial charge in [-0.1, -0.05) is 0 Å². The van der Waals surface area contributed by atoms with E-state index in [-0.39, 0.29) is 0 Å². The second kappa shape index (κ2) is 4.81. The van der Waals surface area contributed by atoms with E-state index in [1.165, 1.54) is 11.3 Å². The molecule has 0 unspecified atom stereocenters. The van der Waals surface area contributed by atoms with Crippen molar-refractivity contribution in [3.8, 4) is 0 Å². The molecule has 0 amide bonds. The van der Waals surface area contributed by atoms with Gasteiger partial charge in [-0.2, -0.15) is 0 Å². The summed E-state index contributed by atoms with van der Waals surface area (Å²) in [4.78, 5) is 22.6. The zero-order chi connectivity index (χ0) is 13.2. The van der Waals surface area contributed by atoms with Crippen LogP contribution in [0.4, 0.5) is 5.82 Å². The highest BCUT2D eigenvalue weighted by atomic mass is 32.1. The normalized spacial score (nSPS) is 10.8. The maximum absolute atomic E-state index is 11.3. The number of fused-ring (bicyclic) bond motifs is 1. The van der Waals surface area contributed by atoms with E-state index in [2.05, 4.69) is 9.97 Å². The molecule has 0 bridgehead atoms. The molecule has 96 valence electrons. The van der Waals surface area contributed by atoms with Gasteiger partial charge in [-0.15, -0.1) is 11.3 Å². The Bertz CT molecular complexity index is 704. The average molecular weight is 272 g/mol. The minimum Gasteiger partial charge on any atom is -0.353 e. The van der Waals surface area contributed by atoms with Gasteiger partial charge in [0.2, 0.25) is 0 Å². The van der Waals surface area contributed by atoms with Crippen molar-refractivity contribution < 1.29 is 4.79 Å². The quantitative estimate of drug-likeness (QED) is 0.683. The zero-order valence-corrected chi connectivity index (χ0v) is 11.2. The van der Waals surface area contributed by atoms with Crippen LogP contribution in [0.2, 0.25) is 0 Å². The molecule has 0 fully saturated rings. The number of imidazole rings is 1. The van der Waals surface area contributed by atoms with Crippen LogP contribution in [0, 0.1) is 0 Å². The summed E-state index contributed by atoms with van der Waals surface area (Å²) in [7, 11) is 1.93. The summed E-state index contributed by atoms with van der Waals surface area (Å²) in [6.45, 7) is 0.689. The molecule has 0 saturated carbocycles. The summed E-state index contributed by atoms with van der Waals surface area (Å²) < 4.78 is 1.82. The molecule has 3 rings (SSSR count). The molecule has 0 saturated heterocycles. The predicted molar refractivity (Wildman–Crippen MR) is 74.8 cm³/mol. The molecule has 0 aliphatic heterocycles. The first kappa shape index (κ1) is 11.9. The van der Waals surface area contributed by atoms with Gasteiger partial charge in [-0.25, -0.2) is 4.98 Å². The number of nitrogens with zero attached hydrogens (tertiary/aromatic N) is 4. The minimum atomic E-state index is 0.591. The third-order valence-corrected chi connectivity index (χ3v) is 3.68. The van der Waals surface area contributed by atoms with Gasteiger partial charge in [0.25, 0.3) is 0 Å². The second-order valence-electron chi connectivity index (χ2n) is 4.21. The number of carbonyl (C=O) groups excluding carboxylic acids is 1. The van der Waals surface area contributed by atoms with Crippen LogP contribution in [0.5, 0.6) is 0 Å². The molecular weight excluding hydrogens is 260 g/mol. The van der Waals surface area contributed by atoms with E-state index in [1.54, 1.807) is 12.4 Å². The SMILES string of the molecule is CN(Cc1ccncc1)c1nc2sccn2c1C=O. The van der Waals surface area contributed by atoms with Crippen molar-refractivity contribution in [3.05, 3.63) is 47.4 Å². The van der Waals surface area contributed by atoms with Gasteiger partial charge in [0.15, 0.2) is 17.1 Å². The highest BCUT2D eigenvalue weighted by Crippen LogP contribution is 2.23. The van der Waals surface area contributed by atoms with Crippen molar-refractivity contribution in [2.24, 2.45) is 0 Å². The highest BCUT2D eigenvalue weighted by molar-refractivity contribution is 7.15. The zero-order valence-electron chi connectivity index (χ0n) is 10.4. The van der Waals surface area contributed by atoms with Crippen LogP contribution in [0.25, 0.3) is 4.96 Å². The van der Waals surface area contributed by atoms with Gasteiger partial charge >= 0.3 is 0 Å². The van der Waals surface area contributed by atoms with Crippen LogP contribution in [0.1, 0.15) is 16.1 Å². The molecule has 19 heavy (non-hydrogen) atoms. The molecule has 5 nitrogen and oxygen atoms in total. The lowest BCUT2D eigenvalue weighted by atomic mass is 10.2. The monoisotopic (exact) mass is 272 g/mol. The Labute approximate surface area is 114 Å². The Kier molecular flexibility index (Phi) is 3.00. The van der Waals surface area contributed by atoms with E-state index >= 15 is 0 Å². The average Bonchev–Trinajstić information content (AvgIpc) is 2.99. The maximum Gasteiger partial charge on any atom is 0.196 e. The van der Waals surface area contributed by atoms with Crippen LogP contribution in [-0.2, 0) is 6.54 Å². The van der Waals surface area contributed by atoms with Crippen molar-refractivity contribution in [2.75, 3.05) is 11.9 Å². The number of carbonyl (C=O) groups is 1. The molecule has 0 radical (unpaired) electrons. The summed E-state index contributed by atoms with van der Waals surface area (Å²) in [5.41, 5.74) is 1.72. The molecular formula is C13H12N4OS. The molecule has 0 N–H and O–H groups in total. The standard InChI is InChI=1S/C13H12N4OS/c1-16(8-10-2-4-14-5-3-10)12-11(9-18)17-6-7-19-13(17)15-12/h2-7,9H,8H2,1H3.